The molecule has 4 heteroatoms. The Bertz CT molecular complexity index is 597. The molecule has 1 heterocycles. The van der Waals surface area contributed by atoms with Crippen LogP contribution in [0.2, 0.25) is 10.0 Å². The summed E-state index contributed by atoms with van der Waals surface area (Å²) in [5, 5.41) is 4.39. The Morgan fingerprint density at radius 3 is 2.58 bits per heavy atom. The lowest BCUT2D eigenvalue weighted by Gasteiger charge is -2.20. The maximum Gasteiger partial charge on any atom is 0.0766 e. The van der Waals surface area contributed by atoms with E-state index in [-0.39, 0.29) is 6.04 Å². The lowest BCUT2D eigenvalue weighted by molar-refractivity contribution is 0.665. The van der Waals surface area contributed by atoms with E-state index in [1.807, 2.05) is 32.3 Å². The van der Waals surface area contributed by atoms with Crippen molar-refractivity contribution in [1.82, 2.24) is 10.3 Å². The highest BCUT2D eigenvalue weighted by atomic mass is 35.5. The van der Waals surface area contributed by atoms with Crippen LogP contribution >= 0.6 is 23.2 Å². The number of halogens is 2. The largest absolute Gasteiger partial charge is 0.308 e. The zero-order chi connectivity index (χ0) is 14.0. The number of hydrogen-bond acceptors (Lipinski definition) is 2. The first-order chi connectivity index (χ1) is 9.04. The van der Waals surface area contributed by atoms with Gasteiger partial charge in [0.05, 0.1) is 21.8 Å². The van der Waals surface area contributed by atoms with Gasteiger partial charge in [-0.15, -0.1) is 0 Å². The number of rotatable bonds is 3. The number of aromatic nitrogens is 1. The molecule has 1 aromatic carbocycles. The van der Waals surface area contributed by atoms with Gasteiger partial charge >= 0.3 is 0 Å². The second kappa shape index (κ2) is 5.91. The molecular formula is C15H16Cl2N2. The van der Waals surface area contributed by atoms with Crippen molar-refractivity contribution in [2.24, 2.45) is 0 Å². The van der Waals surface area contributed by atoms with Crippen LogP contribution in [0, 0.1) is 13.8 Å². The Labute approximate surface area is 123 Å². The zero-order valence-corrected chi connectivity index (χ0v) is 12.7. The fourth-order valence-corrected chi connectivity index (χ4v) is 2.63. The Morgan fingerprint density at radius 1 is 1.21 bits per heavy atom. The SMILES string of the molecule is CNC(c1cccc(Cl)c1Cl)c1ncc(C)cc1C. The van der Waals surface area contributed by atoms with Crippen LogP contribution in [0.25, 0.3) is 0 Å². The van der Waals surface area contributed by atoms with Crippen molar-refractivity contribution >= 4 is 23.2 Å². The van der Waals surface area contributed by atoms with Crippen molar-refractivity contribution in [3.05, 3.63) is 62.9 Å². The van der Waals surface area contributed by atoms with Gasteiger partial charge in [-0.1, -0.05) is 41.4 Å². The first-order valence-corrected chi connectivity index (χ1v) is 6.84. The van der Waals surface area contributed by atoms with Crippen LogP contribution in [0.5, 0.6) is 0 Å². The quantitative estimate of drug-likeness (QED) is 0.912. The number of nitrogens with zero attached hydrogens (tertiary/aromatic N) is 1. The summed E-state index contributed by atoms with van der Waals surface area (Å²) in [6, 6.07) is 7.71. The van der Waals surface area contributed by atoms with E-state index in [1.165, 1.54) is 0 Å². The normalized spacial score (nSPS) is 12.5. The van der Waals surface area contributed by atoms with E-state index in [0.29, 0.717) is 10.0 Å². The summed E-state index contributed by atoms with van der Waals surface area (Å²) in [6.45, 7) is 4.09. The molecule has 0 saturated carbocycles. The standard InChI is InChI=1S/C15H16Cl2N2/c1-9-7-10(2)14(19-8-9)15(18-3)11-5-4-6-12(16)13(11)17/h4-8,15,18H,1-3H3. The summed E-state index contributed by atoms with van der Waals surface area (Å²) >= 11 is 12.4. The van der Waals surface area contributed by atoms with Crippen molar-refractivity contribution in [3.63, 3.8) is 0 Å². The molecule has 0 fully saturated rings. The van der Waals surface area contributed by atoms with Gasteiger partial charge in [-0.3, -0.25) is 4.98 Å². The molecule has 2 rings (SSSR count). The predicted octanol–water partition coefficient (Wildman–Crippen LogP) is 4.31. The van der Waals surface area contributed by atoms with Crippen LogP contribution in [0.3, 0.4) is 0 Å². The van der Waals surface area contributed by atoms with Crippen LogP contribution in [0.1, 0.15) is 28.4 Å². The van der Waals surface area contributed by atoms with E-state index in [9.17, 15) is 0 Å². The Hall–Kier alpha value is -1.09. The lowest BCUT2D eigenvalue weighted by Crippen LogP contribution is -2.20. The molecule has 0 bridgehead atoms. The maximum absolute atomic E-state index is 6.30. The van der Waals surface area contributed by atoms with Crippen LogP contribution in [-0.2, 0) is 0 Å². The molecule has 100 valence electrons. The van der Waals surface area contributed by atoms with Gasteiger partial charge < -0.3 is 5.32 Å². The second-order valence-corrected chi connectivity index (χ2v) is 5.36. The number of nitrogens with one attached hydrogen (secondary N) is 1. The molecule has 0 spiro atoms. The molecule has 1 unspecified atom stereocenters. The van der Waals surface area contributed by atoms with Gasteiger partial charge in [0.25, 0.3) is 0 Å². The summed E-state index contributed by atoms with van der Waals surface area (Å²) in [5.74, 6) is 0. The Balaban J connectivity index is 2.53. The van der Waals surface area contributed by atoms with Gasteiger partial charge in [-0.2, -0.15) is 0 Å². The number of pyridine rings is 1. The average molecular weight is 295 g/mol. The first-order valence-electron chi connectivity index (χ1n) is 6.09. The van der Waals surface area contributed by atoms with E-state index >= 15 is 0 Å². The van der Waals surface area contributed by atoms with Crippen molar-refractivity contribution in [2.75, 3.05) is 7.05 Å². The monoisotopic (exact) mass is 294 g/mol. The predicted molar refractivity (Wildman–Crippen MR) is 81.1 cm³/mol. The summed E-state index contributed by atoms with van der Waals surface area (Å²) in [4.78, 5) is 4.53. The zero-order valence-electron chi connectivity index (χ0n) is 11.2. The third-order valence-corrected chi connectivity index (χ3v) is 3.94. The molecule has 2 aromatic rings. The summed E-state index contributed by atoms with van der Waals surface area (Å²) in [5.41, 5.74) is 4.19. The average Bonchev–Trinajstić information content (AvgIpc) is 2.37. The molecule has 0 radical (unpaired) electrons. The summed E-state index contributed by atoms with van der Waals surface area (Å²) in [7, 11) is 1.89. The van der Waals surface area contributed by atoms with E-state index in [1.54, 1.807) is 6.07 Å². The van der Waals surface area contributed by atoms with E-state index in [2.05, 4.69) is 23.3 Å². The molecule has 2 nitrogen and oxygen atoms in total. The lowest BCUT2D eigenvalue weighted by atomic mass is 9.99. The first kappa shape index (κ1) is 14.3. The molecule has 1 N–H and O–H groups in total. The van der Waals surface area contributed by atoms with Gasteiger partial charge in [0.1, 0.15) is 0 Å². The maximum atomic E-state index is 6.30. The van der Waals surface area contributed by atoms with Crippen LogP contribution in [0.15, 0.2) is 30.5 Å². The molecule has 19 heavy (non-hydrogen) atoms. The number of hydrogen-bond donors (Lipinski definition) is 1. The van der Waals surface area contributed by atoms with E-state index in [0.717, 1.165) is 22.4 Å². The second-order valence-electron chi connectivity index (χ2n) is 4.58. The molecule has 1 aromatic heterocycles. The Kier molecular flexibility index (Phi) is 4.46. The molecule has 0 aliphatic heterocycles. The molecule has 0 aliphatic carbocycles. The van der Waals surface area contributed by atoms with Crippen molar-refractivity contribution in [3.8, 4) is 0 Å². The third kappa shape index (κ3) is 2.92. The third-order valence-electron chi connectivity index (χ3n) is 3.11. The van der Waals surface area contributed by atoms with Crippen molar-refractivity contribution in [1.29, 1.82) is 0 Å². The van der Waals surface area contributed by atoms with E-state index < -0.39 is 0 Å². The highest BCUT2D eigenvalue weighted by Gasteiger charge is 2.19. The van der Waals surface area contributed by atoms with Crippen LogP contribution in [0.4, 0.5) is 0 Å². The smallest absolute Gasteiger partial charge is 0.0766 e. The van der Waals surface area contributed by atoms with Crippen LogP contribution in [-0.4, -0.2) is 12.0 Å². The molecular weight excluding hydrogens is 279 g/mol. The fraction of sp³-hybridized carbons (Fsp3) is 0.267. The van der Waals surface area contributed by atoms with Crippen molar-refractivity contribution < 1.29 is 0 Å². The number of benzene rings is 1. The molecule has 0 amide bonds. The molecule has 0 saturated heterocycles. The topological polar surface area (TPSA) is 24.9 Å². The summed E-state index contributed by atoms with van der Waals surface area (Å²) in [6.07, 6.45) is 1.87. The van der Waals surface area contributed by atoms with E-state index in [4.69, 9.17) is 23.2 Å². The highest BCUT2D eigenvalue weighted by molar-refractivity contribution is 6.42. The van der Waals surface area contributed by atoms with Gasteiger partial charge in [0, 0.05) is 6.20 Å². The molecule has 1 atom stereocenters. The summed E-state index contributed by atoms with van der Waals surface area (Å²) < 4.78 is 0. The minimum absolute atomic E-state index is 0.0631. The van der Waals surface area contributed by atoms with Crippen molar-refractivity contribution in [2.45, 2.75) is 19.9 Å². The van der Waals surface area contributed by atoms with Gasteiger partial charge in [-0.25, -0.2) is 0 Å². The highest BCUT2D eigenvalue weighted by Crippen LogP contribution is 2.33. The number of aryl methyl sites for hydroxylation is 2. The van der Waals surface area contributed by atoms with Crippen LogP contribution < -0.4 is 5.32 Å². The minimum Gasteiger partial charge on any atom is -0.308 e. The van der Waals surface area contributed by atoms with Gasteiger partial charge in [-0.05, 0) is 43.7 Å². The molecule has 0 aliphatic rings. The van der Waals surface area contributed by atoms with Gasteiger partial charge in [0.15, 0.2) is 0 Å². The fourth-order valence-electron chi connectivity index (χ4n) is 2.21. The minimum atomic E-state index is -0.0631. The Morgan fingerprint density at radius 2 is 1.95 bits per heavy atom. The van der Waals surface area contributed by atoms with Gasteiger partial charge in [0.2, 0.25) is 0 Å².